The van der Waals surface area contributed by atoms with Crippen molar-refractivity contribution >= 4 is 7.12 Å². The van der Waals surface area contributed by atoms with Crippen LogP contribution in [0.25, 0.3) is 0 Å². The standard InChI is InChI=1S/C11H15BO3/c1-15-11-4-2-3-8-7-9(12(13)14)5-6-10(8)11/h2-4,9,13-14H,5-7H2,1H3. The van der Waals surface area contributed by atoms with E-state index in [1.165, 1.54) is 11.1 Å². The summed E-state index contributed by atoms with van der Waals surface area (Å²) in [4.78, 5) is 0. The minimum atomic E-state index is -1.20. The van der Waals surface area contributed by atoms with Gasteiger partial charge in [0.05, 0.1) is 7.11 Å². The van der Waals surface area contributed by atoms with E-state index < -0.39 is 7.12 Å². The van der Waals surface area contributed by atoms with Crippen LogP contribution in [-0.2, 0) is 12.8 Å². The van der Waals surface area contributed by atoms with Crippen molar-refractivity contribution in [3.05, 3.63) is 29.3 Å². The van der Waals surface area contributed by atoms with Gasteiger partial charge in [0.2, 0.25) is 0 Å². The Hall–Kier alpha value is -0.995. The van der Waals surface area contributed by atoms with E-state index in [1.54, 1.807) is 7.11 Å². The van der Waals surface area contributed by atoms with Gasteiger partial charge < -0.3 is 14.8 Å². The van der Waals surface area contributed by atoms with Crippen molar-refractivity contribution in [3.8, 4) is 5.75 Å². The second-order valence-electron chi connectivity index (χ2n) is 4.01. The molecule has 15 heavy (non-hydrogen) atoms. The maximum Gasteiger partial charge on any atom is 0.455 e. The van der Waals surface area contributed by atoms with Crippen LogP contribution in [0.2, 0.25) is 5.82 Å². The molecular weight excluding hydrogens is 191 g/mol. The number of benzene rings is 1. The third kappa shape index (κ3) is 2.01. The highest BCUT2D eigenvalue weighted by Crippen LogP contribution is 2.34. The molecule has 1 aromatic carbocycles. The summed E-state index contributed by atoms with van der Waals surface area (Å²) in [5.41, 5.74) is 2.40. The minimum Gasteiger partial charge on any atom is -0.496 e. The molecule has 0 bridgehead atoms. The summed E-state index contributed by atoms with van der Waals surface area (Å²) in [6, 6.07) is 5.94. The van der Waals surface area contributed by atoms with Crippen molar-refractivity contribution in [1.29, 1.82) is 0 Å². The minimum absolute atomic E-state index is 0.0374. The van der Waals surface area contributed by atoms with Crippen molar-refractivity contribution < 1.29 is 14.8 Å². The highest BCUT2D eigenvalue weighted by molar-refractivity contribution is 6.43. The average molecular weight is 206 g/mol. The summed E-state index contributed by atoms with van der Waals surface area (Å²) in [5.74, 6) is 0.878. The lowest BCUT2D eigenvalue weighted by Gasteiger charge is -2.25. The van der Waals surface area contributed by atoms with Gasteiger partial charge in [-0.15, -0.1) is 0 Å². The lowest BCUT2D eigenvalue weighted by Crippen LogP contribution is -2.26. The number of rotatable bonds is 2. The fourth-order valence-corrected chi connectivity index (χ4v) is 2.25. The molecule has 4 heteroatoms. The van der Waals surface area contributed by atoms with Crippen LogP contribution in [-0.4, -0.2) is 24.3 Å². The van der Waals surface area contributed by atoms with Crippen molar-refractivity contribution in [1.82, 2.24) is 0 Å². The maximum absolute atomic E-state index is 9.15. The number of hydrogen-bond donors (Lipinski definition) is 2. The van der Waals surface area contributed by atoms with E-state index in [0.717, 1.165) is 25.0 Å². The number of fused-ring (bicyclic) bond motifs is 1. The Labute approximate surface area is 89.8 Å². The molecule has 2 rings (SSSR count). The predicted molar refractivity (Wildman–Crippen MR) is 59.0 cm³/mol. The van der Waals surface area contributed by atoms with Gasteiger partial charge in [0.1, 0.15) is 5.75 Å². The van der Waals surface area contributed by atoms with Gasteiger partial charge in [0.15, 0.2) is 0 Å². The van der Waals surface area contributed by atoms with Crippen LogP contribution in [0.4, 0.5) is 0 Å². The molecule has 3 nitrogen and oxygen atoms in total. The second-order valence-corrected chi connectivity index (χ2v) is 4.01. The zero-order valence-electron chi connectivity index (χ0n) is 8.81. The lowest BCUT2D eigenvalue weighted by molar-refractivity contribution is 0.369. The Balaban J connectivity index is 2.27. The Morgan fingerprint density at radius 2 is 2.20 bits per heavy atom. The zero-order valence-corrected chi connectivity index (χ0v) is 8.81. The summed E-state index contributed by atoms with van der Waals surface area (Å²) in [5, 5.41) is 18.3. The van der Waals surface area contributed by atoms with Crippen LogP contribution in [0.3, 0.4) is 0 Å². The second kappa shape index (κ2) is 4.25. The molecule has 1 aliphatic rings. The molecule has 0 heterocycles. The molecule has 0 saturated heterocycles. The smallest absolute Gasteiger partial charge is 0.455 e. The third-order valence-corrected chi connectivity index (χ3v) is 3.12. The normalized spacial score (nSPS) is 19.5. The Morgan fingerprint density at radius 1 is 1.40 bits per heavy atom. The van der Waals surface area contributed by atoms with Gasteiger partial charge >= 0.3 is 7.12 Å². The fraction of sp³-hybridized carbons (Fsp3) is 0.455. The predicted octanol–water partition coefficient (Wildman–Crippen LogP) is 1.03. The van der Waals surface area contributed by atoms with E-state index in [4.69, 9.17) is 14.8 Å². The Kier molecular flexibility index (Phi) is 2.98. The SMILES string of the molecule is COc1cccc2c1CCC(B(O)O)C2. The van der Waals surface area contributed by atoms with Crippen molar-refractivity contribution in [2.45, 2.75) is 25.1 Å². The molecule has 0 spiro atoms. The van der Waals surface area contributed by atoms with Gasteiger partial charge in [-0.05, 0) is 42.3 Å². The first-order valence-corrected chi connectivity index (χ1v) is 5.23. The van der Waals surface area contributed by atoms with Crippen LogP contribution in [0, 0.1) is 0 Å². The van der Waals surface area contributed by atoms with Crippen LogP contribution in [0.15, 0.2) is 18.2 Å². The fourth-order valence-electron chi connectivity index (χ4n) is 2.25. The third-order valence-electron chi connectivity index (χ3n) is 3.12. The lowest BCUT2D eigenvalue weighted by atomic mass is 9.64. The number of ether oxygens (including phenoxy) is 1. The van der Waals surface area contributed by atoms with Crippen LogP contribution >= 0.6 is 0 Å². The highest BCUT2D eigenvalue weighted by atomic mass is 16.5. The molecule has 0 aromatic heterocycles. The molecule has 1 unspecified atom stereocenters. The van der Waals surface area contributed by atoms with E-state index >= 15 is 0 Å². The van der Waals surface area contributed by atoms with Gasteiger partial charge in [0, 0.05) is 0 Å². The monoisotopic (exact) mass is 206 g/mol. The Morgan fingerprint density at radius 3 is 2.87 bits per heavy atom. The molecule has 0 amide bonds. The first-order valence-electron chi connectivity index (χ1n) is 5.23. The first kappa shape index (κ1) is 10.5. The van der Waals surface area contributed by atoms with E-state index in [2.05, 4.69) is 0 Å². The topological polar surface area (TPSA) is 49.7 Å². The Bertz CT molecular complexity index is 352. The summed E-state index contributed by atoms with van der Waals surface area (Å²) >= 11 is 0. The summed E-state index contributed by atoms with van der Waals surface area (Å²) in [7, 11) is 0.465. The number of methoxy groups -OCH3 is 1. The van der Waals surface area contributed by atoms with Gasteiger partial charge in [0.25, 0.3) is 0 Å². The molecule has 0 saturated carbocycles. The summed E-state index contributed by atoms with van der Waals surface area (Å²) < 4.78 is 5.28. The molecule has 2 N–H and O–H groups in total. The van der Waals surface area contributed by atoms with Crippen LogP contribution in [0.5, 0.6) is 5.75 Å². The highest BCUT2D eigenvalue weighted by Gasteiger charge is 2.28. The zero-order chi connectivity index (χ0) is 10.8. The average Bonchev–Trinajstić information content (AvgIpc) is 2.27. The van der Waals surface area contributed by atoms with E-state index in [-0.39, 0.29) is 5.82 Å². The van der Waals surface area contributed by atoms with Gasteiger partial charge in [-0.3, -0.25) is 0 Å². The van der Waals surface area contributed by atoms with Crippen molar-refractivity contribution in [2.75, 3.05) is 7.11 Å². The molecule has 1 atom stereocenters. The quantitative estimate of drug-likeness (QED) is 0.710. The van der Waals surface area contributed by atoms with E-state index in [0.29, 0.717) is 0 Å². The molecular formula is C11H15BO3. The number of hydrogen-bond acceptors (Lipinski definition) is 3. The van der Waals surface area contributed by atoms with Gasteiger partial charge in [-0.25, -0.2) is 0 Å². The van der Waals surface area contributed by atoms with Crippen molar-refractivity contribution in [3.63, 3.8) is 0 Å². The van der Waals surface area contributed by atoms with E-state index in [9.17, 15) is 0 Å². The molecule has 1 aromatic rings. The molecule has 0 aliphatic heterocycles. The summed E-state index contributed by atoms with van der Waals surface area (Å²) in [6.07, 6.45) is 2.40. The summed E-state index contributed by atoms with van der Waals surface area (Å²) in [6.45, 7) is 0. The molecule has 1 aliphatic carbocycles. The van der Waals surface area contributed by atoms with Crippen LogP contribution < -0.4 is 4.74 Å². The first-order chi connectivity index (χ1) is 7.22. The molecule has 0 radical (unpaired) electrons. The van der Waals surface area contributed by atoms with Crippen LogP contribution in [0.1, 0.15) is 17.5 Å². The largest absolute Gasteiger partial charge is 0.496 e. The van der Waals surface area contributed by atoms with Gasteiger partial charge in [-0.2, -0.15) is 0 Å². The van der Waals surface area contributed by atoms with Gasteiger partial charge in [-0.1, -0.05) is 12.1 Å². The van der Waals surface area contributed by atoms with E-state index in [1.807, 2.05) is 18.2 Å². The maximum atomic E-state index is 9.15. The molecule has 0 fully saturated rings. The molecule has 80 valence electrons. The van der Waals surface area contributed by atoms with Crippen molar-refractivity contribution in [2.24, 2.45) is 0 Å².